The highest BCUT2D eigenvalue weighted by atomic mass is 79.9. The van der Waals surface area contributed by atoms with Crippen LogP contribution in [-0.2, 0) is 11.3 Å². The molecule has 1 aromatic rings. The van der Waals surface area contributed by atoms with Gasteiger partial charge in [0.05, 0.1) is 6.61 Å². The Balaban J connectivity index is 2.65. The van der Waals surface area contributed by atoms with E-state index in [0.717, 1.165) is 29.7 Å². The molecule has 1 rings (SSSR count). The number of benzene rings is 1. The summed E-state index contributed by atoms with van der Waals surface area (Å²) in [5.41, 5.74) is 0.937. The van der Waals surface area contributed by atoms with Gasteiger partial charge in [-0.25, -0.2) is 0 Å². The maximum Gasteiger partial charge on any atom is 0.120 e. The minimum Gasteiger partial charge on any atom is -0.508 e. The molecule has 0 aromatic heterocycles. The van der Waals surface area contributed by atoms with Crippen molar-refractivity contribution in [3.05, 3.63) is 28.2 Å². The molecule has 0 aliphatic rings. The number of methoxy groups -OCH3 is 1. The fourth-order valence-electron chi connectivity index (χ4n) is 1.49. The zero-order valence-corrected chi connectivity index (χ0v) is 11.3. The smallest absolute Gasteiger partial charge is 0.120 e. The minimum absolute atomic E-state index is 0.346. The number of rotatable bonds is 6. The quantitative estimate of drug-likeness (QED) is 0.873. The predicted octanol–water partition coefficient (Wildman–Crippen LogP) is 2.62. The van der Waals surface area contributed by atoms with Gasteiger partial charge in [-0.2, -0.15) is 0 Å². The van der Waals surface area contributed by atoms with Gasteiger partial charge in [-0.3, -0.25) is 4.90 Å². The van der Waals surface area contributed by atoms with E-state index in [4.69, 9.17) is 4.74 Å². The van der Waals surface area contributed by atoms with E-state index in [9.17, 15) is 5.11 Å². The summed E-state index contributed by atoms with van der Waals surface area (Å²) in [7, 11) is 1.70. The van der Waals surface area contributed by atoms with Gasteiger partial charge in [0.25, 0.3) is 0 Å². The first-order valence-electron chi connectivity index (χ1n) is 5.36. The summed E-state index contributed by atoms with van der Waals surface area (Å²) in [6, 6.07) is 5.50. The molecule has 0 bridgehead atoms. The number of phenols is 1. The Kier molecular flexibility index (Phi) is 5.80. The SMILES string of the molecule is CCN(CCOC)Cc1cc(Br)ccc1O. The normalized spacial score (nSPS) is 11.0. The number of hydrogen-bond donors (Lipinski definition) is 1. The van der Waals surface area contributed by atoms with E-state index in [1.807, 2.05) is 12.1 Å². The van der Waals surface area contributed by atoms with Gasteiger partial charge in [0.1, 0.15) is 5.75 Å². The fourth-order valence-corrected chi connectivity index (χ4v) is 1.90. The van der Waals surface area contributed by atoms with Gasteiger partial charge in [-0.15, -0.1) is 0 Å². The van der Waals surface area contributed by atoms with Crippen molar-refractivity contribution in [1.82, 2.24) is 4.90 Å². The highest BCUT2D eigenvalue weighted by Gasteiger charge is 2.07. The molecule has 0 amide bonds. The summed E-state index contributed by atoms with van der Waals surface area (Å²) in [6.07, 6.45) is 0. The molecule has 4 heteroatoms. The predicted molar refractivity (Wildman–Crippen MR) is 68.6 cm³/mol. The third-order valence-electron chi connectivity index (χ3n) is 2.49. The molecular weight excluding hydrogens is 270 g/mol. The minimum atomic E-state index is 0.346. The van der Waals surface area contributed by atoms with Crippen molar-refractivity contribution >= 4 is 15.9 Å². The standard InChI is InChI=1S/C12H18BrNO2/c1-3-14(6-7-16-2)9-10-8-11(13)4-5-12(10)15/h4-5,8,15H,3,6-7,9H2,1-2H3. The van der Waals surface area contributed by atoms with Gasteiger partial charge in [0.2, 0.25) is 0 Å². The molecule has 0 saturated carbocycles. The molecule has 0 saturated heterocycles. The average Bonchev–Trinajstić information content (AvgIpc) is 2.28. The van der Waals surface area contributed by atoms with E-state index in [1.165, 1.54) is 0 Å². The van der Waals surface area contributed by atoms with E-state index in [-0.39, 0.29) is 0 Å². The van der Waals surface area contributed by atoms with E-state index < -0.39 is 0 Å². The molecule has 16 heavy (non-hydrogen) atoms. The second-order valence-corrected chi connectivity index (χ2v) is 4.55. The van der Waals surface area contributed by atoms with Crippen LogP contribution in [0.3, 0.4) is 0 Å². The van der Waals surface area contributed by atoms with Crippen LogP contribution >= 0.6 is 15.9 Å². The van der Waals surface area contributed by atoms with E-state index in [0.29, 0.717) is 12.4 Å². The summed E-state index contributed by atoms with van der Waals surface area (Å²) in [5, 5.41) is 9.73. The Bertz CT molecular complexity index is 331. The molecule has 3 nitrogen and oxygen atoms in total. The van der Waals surface area contributed by atoms with Gasteiger partial charge in [-0.05, 0) is 24.7 Å². The van der Waals surface area contributed by atoms with Crippen LogP contribution in [0.25, 0.3) is 0 Å². The molecule has 0 aliphatic carbocycles. The van der Waals surface area contributed by atoms with Crippen molar-refractivity contribution in [2.24, 2.45) is 0 Å². The molecular formula is C12H18BrNO2. The van der Waals surface area contributed by atoms with Crippen molar-refractivity contribution < 1.29 is 9.84 Å². The van der Waals surface area contributed by atoms with Crippen LogP contribution in [-0.4, -0.2) is 36.8 Å². The molecule has 0 unspecified atom stereocenters. The molecule has 0 fully saturated rings. The van der Waals surface area contributed by atoms with Crippen molar-refractivity contribution in [3.8, 4) is 5.75 Å². The Morgan fingerprint density at radius 3 is 2.81 bits per heavy atom. The van der Waals surface area contributed by atoms with Crippen molar-refractivity contribution in [1.29, 1.82) is 0 Å². The van der Waals surface area contributed by atoms with E-state index in [1.54, 1.807) is 13.2 Å². The Morgan fingerprint density at radius 2 is 2.19 bits per heavy atom. The molecule has 0 aliphatic heterocycles. The lowest BCUT2D eigenvalue weighted by molar-refractivity contribution is 0.147. The Morgan fingerprint density at radius 1 is 1.44 bits per heavy atom. The lowest BCUT2D eigenvalue weighted by atomic mass is 10.2. The molecule has 90 valence electrons. The first-order chi connectivity index (χ1) is 7.67. The fraction of sp³-hybridized carbons (Fsp3) is 0.500. The number of ether oxygens (including phenoxy) is 1. The maximum atomic E-state index is 9.73. The lowest BCUT2D eigenvalue weighted by Gasteiger charge is -2.20. The number of phenolic OH excluding ortho intramolecular Hbond substituents is 1. The summed E-state index contributed by atoms with van der Waals surface area (Å²) in [5.74, 6) is 0.346. The van der Waals surface area contributed by atoms with Crippen molar-refractivity contribution in [2.75, 3.05) is 26.8 Å². The monoisotopic (exact) mass is 287 g/mol. The first kappa shape index (κ1) is 13.5. The number of halogens is 1. The molecule has 1 aromatic carbocycles. The Hall–Kier alpha value is -0.580. The topological polar surface area (TPSA) is 32.7 Å². The summed E-state index contributed by atoms with van der Waals surface area (Å²) < 4.78 is 6.04. The van der Waals surface area contributed by atoms with Gasteiger partial charge >= 0.3 is 0 Å². The summed E-state index contributed by atoms with van der Waals surface area (Å²) >= 11 is 3.41. The number of likely N-dealkylation sites (N-methyl/N-ethyl adjacent to an activating group) is 1. The second kappa shape index (κ2) is 6.89. The average molecular weight is 288 g/mol. The highest BCUT2D eigenvalue weighted by molar-refractivity contribution is 9.10. The molecule has 0 atom stereocenters. The number of aromatic hydroxyl groups is 1. The van der Waals surface area contributed by atoms with Crippen LogP contribution < -0.4 is 0 Å². The van der Waals surface area contributed by atoms with Gasteiger partial charge in [0.15, 0.2) is 0 Å². The molecule has 0 spiro atoms. The summed E-state index contributed by atoms with van der Waals surface area (Å²) in [6.45, 7) is 5.37. The number of hydrogen-bond acceptors (Lipinski definition) is 3. The van der Waals surface area contributed by atoms with E-state index in [2.05, 4.69) is 27.8 Å². The van der Waals surface area contributed by atoms with Gasteiger partial charge in [-0.1, -0.05) is 22.9 Å². The first-order valence-corrected chi connectivity index (χ1v) is 6.15. The van der Waals surface area contributed by atoms with Crippen LogP contribution in [0.2, 0.25) is 0 Å². The van der Waals surface area contributed by atoms with Crippen LogP contribution in [0.15, 0.2) is 22.7 Å². The lowest BCUT2D eigenvalue weighted by Crippen LogP contribution is -2.26. The van der Waals surface area contributed by atoms with Gasteiger partial charge in [0, 0.05) is 30.2 Å². The summed E-state index contributed by atoms with van der Waals surface area (Å²) in [4.78, 5) is 2.23. The molecule has 0 heterocycles. The van der Waals surface area contributed by atoms with E-state index >= 15 is 0 Å². The largest absolute Gasteiger partial charge is 0.508 e. The third-order valence-corrected chi connectivity index (χ3v) is 2.99. The number of nitrogens with zero attached hydrogens (tertiary/aromatic N) is 1. The van der Waals surface area contributed by atoms with Crippen molar-refractivity contribution in [2.45, 2.75) is 13.5 Å². The Labute approximate surface area is 105 Å². The van der Waals surface area contributed by atoms with Crippen LogP contribution in [0.4, 0.5) is 0 Å². The highest BCUT2D eigenvalue weighted by Crippen LogP contribution is 2.23. The van der Waals surface area contributed by atoms with Crippen molar-refractivity contribution in [3.63, 3.8) is 0 Å². The van der Waals surface area contributed by atoms with Crippen LogP contribution in [0.5, 0.6) is 5.75 Å². The zero-order valence-electron chi connectivity index (χ0n) is 9.74. The zero-order chi connectivity index (χ0) is 12.0. The van der Waals surface area contributed by atoms with Crippen LogP contribution in [0.1, 0.15) is 12.5 Å². The second-order valence-electron chi connectivity index (χ2n) is 3.63. The van der Waals surface area contributed by atoms with Gasteiger partial charge < -0.3 is 9.84 Å². The maximum absolute atomic E-state index is 9.73. The van der Waals surface area contributed by atoms with Crippen LogP contribution in [0, 0.1) is 0 Å². The third kappa shape index (κ3) is 4.12. The molecule has 0 radical (unpaired) electrons. The molecule has 1 N–H and O–H groups in total.